The molecule has 0 bridgehead atoms. The molecule has 7 heteroatoms. The summed E-state index contributed by atoms with van der Waals surface area (Å²) in [7, 11) is 0. The number of hydrogen-bond acceptors (Lipinski definition) is 5. The topological polar surface area (TPSA) is 61.8 Å². The largest absolute Gasteiger partial charge is 0.490 e. The first-order valence-electron chi connectivity index (χ1n) is 12.0. The summed E-state index contributed by atoms with van der Waals surface area (Å²) < 4.78 is 18.1. The molecule has 0 spiro atoms. The maximum absolute atomic E-state index is 13.0. The van der Waals surface area contributed by atoms with Crippen LogP contribution in [0.4, 0.5) is 0 Å². The van der Waals surface area contributed by atoms with Crippen molar-refractivity contribution in [1.82, 2.24) is 0 Å². The van der Waals surface area contributed by atoms with E-state index < -0.39 is 5.92 Å². The predicted molar refractivity (Wildman–Crippen MR) is 134 cm³/mol. The van der Waals surface area contributed by atoms with Crippen molar-refractivity contribution < 1.29 is 23.8 Å². The third-order valence-electron chi connectivity index (χ3n) is 6.62. The zero-order valence-corrected chi connectivity index (χ0v) is 21.0. The number of ketones is 2. The summed E-state index contributed by atoms with van der Waals surface area (Å²) in [6, 6.07) is 11.0. The molecule has 5 rings (SSSR count). The molecule has 0 atom stereocenters. The molecule has 2 aliphatic carbocycles. The van der Waals surface area contributed by atoms with E-state index in [9.17, 15) is 9.59 Å². The van der Waals surface area contributed by atoms with Crippen molar-refractivity contribution in [2.24, 2.45) is 0 Å². The summed E-state index contributed by atoms with van der Waals surface area (Å²) in [5.74, 6) is 2.25. The number of rotatable bonds is 6. The highest BCUT2D eigenvalue weighted by Crippen LogP contribution is 2.48. The van der Waals surface area contributed by atoms with Crippen LogP contribution in [0.15, 0.2) is 59.1 Å². The fourth-order valence-electron chi connectivity index (χ4n) is 5.03. The number of allylic oxidation sites excluding steroid dienone is 4. The smallest absolute Gasteiger partial charge is 0.163 e. The first kappa shape index (κ1) is 24.0. The van der Waals surface area contributed by atoms with E-state index in [1.807, 2.05) is 31.2 Å². The Morgan fingerprint density at radius 3 is 2.14 bits per heavy atom. The number of ether oxygens (including phenoxy) is 3. The lowest BCUT2D eigenvalue weighted by molar-refractivity contribution is -0.117. The normalized spacial score (nSPS) is 18.3. The van der Waals surface area contributed by atoms with Crippen LogP contribution in [0.2, 0.25) is 10.0 Å². The Morgan fingerprint density at radius 1 is 0.829 bits per heavy atom. The molecule has 0 unspecified atom stereocenters. The van der Waals surface area contributed by atoms with E-state index in [0.29, 0.717) is 65.0 Å². The number of hydrogen-bond donors (Lipinski definition) is 0. The number of carbonyl (C=O) groups is 2. The third-order valence-corrected chi connectivity index (χ3v) is 7.36. The lowest BCUT2D eigenvalue weighted by Crippen LogP contribution is -2.30. The van der Waals surface area contributed by atoms with Crippen molar-refractivity contribution in [3.8, 4) is 11.5 Å². The van der Waals surface area contributed by atoms with Gasteiger partial charge < -0.3 is 14.2 Å². The molecule has 0 N–H and O–H groups in total. The second kappa shape index (κ2) is 10.1. The van der Waals surface area contributed by atoms with E-state index in [-0.39, 0.29) is 18.2 Å². The average molecular weight is 513 g/mol. The molecule has 1 heterocycles. The van der Waals surface area contributed by atoms with E-state index in [2.05, 4.69) is 0 Å². The Kier molecular flexibility index (Phi) is 6.90. The molecular weight excluding hydrogens is 487 g/mol. The summed E-state index contributed by atoms with van der Waals surface area (Å²) in [4.78, 5) is 26.1. The second-order valence-corrected chi connectivity index (χ2v) is 9.75. The van der Waals surface area contributed by atoms with E-state index in [1.165, 1.54) is 0 Å². The van der Waals surface area contributed by atoms with Crippen molar-refractivity contribution >= 4 is 34.8 Å². The second-order valence-electron chi connectivity index (χ2n) is 8.94. The Bertz CT molecular complexity index is 1220. The minimum Gasteiger partial charge on any atom is -0.490 e. The van der Waals surface area contributed by atoms with Crippen LogP contribution < -0.4 is 9.47 Å². The average Bonchev–Trinajstić information content (AvgIpc) is 2.84. The van der Waals surface area contributed by atoms with Gasteiger partial charge in [0.15, 0.2) is 23.1 Å². The van der Waals surface area contributed by atoms with Gasteiger partial charge in [-0.05, 0) is 55.2 Å². The van der Waals surface area contributed by atoms with Crippen molar-refractivity contribution in [2.45, 2.75) is 58.0 Å². The van der Waals surface area contributed by atoms with Crippen LogP contribution >= 0.6 is 23.2 Å². The first-order chi connectivity index (χ1) is 17.0. The molecule has 5 nitrogen and oxygen atoms in total. The lowest BCUT2D eigenvalue weighted by atomic mass is 9.73. The van der Waals surface area contributed by atoms with Gasteiger partial charge in [-0.15, -0.1) is 0 Å². The van der Waals surface area contributed by atoms with Crippen LogP contribution in [-0.2, 0) is 20.9 Å². The van der Waals surface area contributed by atoms with Crippen molar-refractivity contribution in [3.05, 3.63) is 80.2 Å². The predicted octanol–water partition coefficient (Wildman–Crippen LogP) is 7.10. The summed E-state index contributed by atoms with van der Waals surface area (Å²) in [5, 5.41) is 0.957. The Balaban J connectivity index is 1.51. The van der Waals surface area contributed by atoms with Gasteiger partial charge in [0.05, 0.1) is 16.7 Å². The van der Waals surface area contributed by atoms with Gasteiger partial charge in [0.2, 0.25) is 0 Å². The highest BCUT2D eigenvalue weighted by Gasteiger charge is 2.42. The maximum atomic E-state index is 13.0. The SMILES string of the molecule is CCOc1cc(C2C3=C(CCCC3=O)OC3=C2C(=O)CCC3)ccc1OCc1ccc(Cl)c(Cl)c1. The van der Waals surface area contributed by atoms with Crippen molar-refractivity contribution in [3.63, 3.8) is 0 Å². The molecule has 35 heavy (non-hydrogen) atoms. The molecule has 0 saturated heterocycles. The van der Waals surface area contributed by atoms with Gasteiger partial charge in [0, 0.05) is 42.7 Å². The molecule has 0 amide bonds. The number of Topliss-reactive ketones (excluding diaryl/α,β-unsaturated/α-hetero) is 2. The van der Waals surface area contributed by atoms with Gasteiger partial charge in [-0.3, -0.25) is 9.59 Å². The molecule has 0 aromatic heterocycles. The molecule has 2 aromatic rings. The summed E-state index contributed by atoms with van der Waals surface area (Å²) in [6.45, 7) is 2.63. The van der Waals surface area contributed by atoms with Gasteiger partial charge in [0.1, 0.15) is 18.1 Å². The van der Waals surface area contributed by atoms with Gasteiger partial charge in [-0.25, -0.2) is 0 Å². The summed E-state index contributed by atoms with van der Waals surface area (Å²) >= 11 is 12.1. The quantitative estimate of drug-likeness (QED) is 0.412. The van der Waals surface area contributed by atoms with E-state index in [0.717, 1.165) is 35.5 Å². The van der Waals surface area contributed by atoms with Gasteiger partial charge in [-0.2, -0.15) is 0 Å². The fraction of sp³-hybridized carbons (Fsp3) is 0.357. The number of halogens is 2. The van der Waals surface area contributed by atoms with Gasteiger partial charge >= 0.3 is 0 Å². The van der Waals surface area contributed by atoms with Crippen molar-refractivity contribution in [1.29, 1.82) is 0 Å². The van der Waals surface area contributed by atoms with Crippen LogP contribution in [0.1, 0.15) is 62.5 Å². The standard InChI is InChI=1S/C28H26Cl2O5/c1-2-33-25-14-17(10-12-22(25)34-15-16-9-11-18(29)19(30)13-16)26-27-20(31)5-3-7-23(27)35-24-8-4-6-21(32)28(24)26/h9-14,26H,2-8,15H2,1H3. The molecule has 182 valence electrons. The van der Waals surface area contributed by atoms with Gasteiger partial charge in [-0.1, -0.05) is 35.3 Å². The van der Waals surface area contributed by atoms with Gasteiger partial charge in [0.25, 0.3) is 0 Å². The monoisotopic (exact) mass is 512 g/mol. The molecular formula is C28H26Cl2O5. The highest BCUT2D eigenvalue weighted by molar-refractivity contribution is 6.42. The summed E-state index contributed by atoms with van der Waals surface area (Å²) in [6.07, 6.45) is 3.91. The molecule has 0 fully saturated rings. The van der Waals surface area contributed by atoms with Crippen LogP contribution in [0.3, 0.4) is 0 Å². The third kappa shape index (κ3) is 4.72. The summed E-state index contributed by atoms with van der Waals surface area (Å²) in [5.41, 5.74) is 2.96. The van der Waals surface area contributed by atoms with Crippen LogP contribution in [0.25, 0.3) is 0 Å². The minimum absolute atomic E-state index is 0.0547. The number of benzene rings is 2. The minimum atomic E-state index is -0.433. The van der Waals surface area contributed by atoms with E-state index in [4.69, 9.17) is 37.4 Å². The Hall–Kier alpha value is -2.76. The van der Waals surface area contributed by atoms with E-state index in [1.54, 1.807) is 12.1 Å². The highest BCUT2D eigenvalue weighted by atomic mass is 35.5. The van der Waals surface area contributed by atoms with Crippen LogP contribution in [-0.4, -0.2) is 18.2 Å². The molecule has 2 aromatic carbocycles. The molecule has 0 radical (unpaired) electrons. The molecule has 1 aliphatic heterocycles. The maximum Gasteiger partial charge on any atom is 0.163 e. The Morgan fingerprint density at radius 2 is 1.51 bits per heavy atom. The van der Waals surface area contributed by atoms with Crippen LogP contribution in [0, 0.1) is 0 Å². The van der Waals surface area contributed by atoms with E-state index >= 15 is 0 Å². The molecule has 3 aliphatic rings. The lowest BCUT2D eigenvalue weighted by Gasteiger charge is -2.36. The fourth-order valence-corrected chi connectivity index (χ4v) is 5.35. The zero-order valence-electron chi connectivity index (χ0n) is 19.5. The Labute approximate surface area is 214 Å². The molecule has 0 saturated carbocycles. The number of carbonyl (C=O) groups excluding carboxylic acids is 2. The van der Waals surface area contributed by atoms with Crippen LogP contribution in [0.5, 0.6) is 11.5 Å². The van der Waals surface area contributed by atoms with Crippen molar-refractivity contribution in [2.75, 3.05) is 6.61 Å². The first-order valence-corrected chi connectivity index (χ1v) is 12.8. The zero-order chi connectivity index (χ0) is 24.5.